The second-order valence-corrected chi connectivity index (χ2v) is 10.3. The average Bonchev–Trinajstić information content (AvgIpc) is 3.58. The summed E-state index contributed by atoms with van der Waals surface area (Å²) in [5, 5.41) is 16.3. The molecule has 1 aliphatic rings. The van der Waals surface area contributed by atoms with Gasteiger partial charge < -0.3 is 11.1 Å². The molecule has 3 aromatic heterocycles. The van der Waals surface area contributed by atoms with Crippen LogP contribution in [0.2, 0.25) is 0 Å². The Labute approximate surface area is 204 Å². The van der Waals surface area contributed by atoms with Gasteiger partial charge in [0.1, 0.15) is 16.3 Å². The molecule has 1 aromatic carbocycles. The molecule has 4 heterocycles. The summed E-state index contributed by atoms with van der Waals surface area (Å²) < 4.78 is 16.2. The number of amides is 1. The van der Waals surface area contributed by atoms with Gasteiger partial charge in [-0.05, 0) is 41.1 Å². The number of para-hydroxylation sites is 1. The van der Waals surface area contributed by atoms with E-state index < -0.39 is 23.2 Å². The number of aromatic nitrogens is 1. The van der Waals surface area contributed by atoms with E-state index in [1.807, 2.05) is 29.0 Å². The molecule has 3 N–H and O–H groups in total. The molecular weight excluding hydrogens is 491 g/mol. The standard InChI is InChI=1S/C24H15FN4O2S3/c25-15-6-1-2-7-16(15)28-22(30)20-19(17-8-4-10-33-17)14(12-26)21(27)29-23(31)18(34-24(20)29)11-13-5-3-9-32-13/h1-11,19H,27H2,(H,28,30)/b18-11-. The van der Waals surface area contributed by atoms with Crippen molar-refractivity contribution in [2.45, 2.75) is 5.92 Å². The topological polar surface area (TPSA) is 101 Å². The second kappa shape index (κ2) is 8.87. The van der Waals surface area contributed by atoms with E-state index in [1.165, 1.54) is 45.4 Å². The lowest BCUT2D eigenvalue weighted by Gasteiger charge is -2.24. The number of rotatable bonds is 4. The highest BCUT2D eigenvalue weighted by Gasteiger charge is 2.36. The largest absolute Gasteiger partial charge is 0.384 e. The van der Waals surface area contributed by atoms with Crippen molar-refractivity contribution in [1.82, 2.24) is 4.57 Å². The number of thiazole rings is 1. The van der Waals surface area contributed by atoms with Gasteiger partial charge >= 0.3 is 0 Å². The molecule has 1 aliphatic heterocycles. The molecule has 0 bridgehead atoms. The number of nitriles is 1. The van der Waals surface area contributed by atoms with Gasteiger partial charge in [0.05, 0.1) is 33.4 Å². The molecule has 1 amide bonds. The van der Waals surface area contributed by atoms with E-state index in [0.29, 0.717) is 14.1 Å². The van der Waals surface area contributed by atoms with Crippen molar-refractivity contribution in [3.05, 3.63) is 100.0 Å². The van der Waals surface area contributed by atoms with Crippen LogP contribution in [0.15, 0.2) is 69.7 Å². The fraction of sp³-hybridized carbons (Fsp3) is 0.0417. The lowest BCUT2D eigenvalue weighted by atomic mass is 9.88. The molecule has 10 heteroatoms. The third-order valence-electron chi connectivity index (χ3n) is 5.28. The van der Waals surface area contributed by atoms with Crippen LogP contribution in [0.3, 0.4) is 0 Å². The van der Waals surface area contributed by atoms with Crippen molar-refractivity contribution in [3.8, 4) is 6.07 Å². The van der Waals surface area contributed by atoms with Gasteiger partial charge in [-0.15, -0.1) is 34.0 Å². The Balaban J connectivity index is 1.81. The number of hydrogen-bond donors (Lipinski definition) is 2. The van der Waals surface area contributed by atoms with Crippen LogP contribution in [0.25, 0.3) is 17.5 Å². The number of allylic oxidation sites excluding steroid dienone is 1. The first-order chi connectivity index (χ1) is 16.5. The first-order valence-corrected chi connectivity index (χ1v) is 12.6. The minimum atomic E-state index is -0.788. The Morgan fingerprint density at radius 1 is 1.15 bits per heavy atom. The number of nitrogens with two attached hydrogens (primary N) is 1. The number of halogens is 1. The van der Waals surface area contributed by atoms with Gasteiger partial charge in [-0.2, -0.15) is 5.26 Å². The summed E-state index contributed by atoms with van der Waals surface area (Å²) in [5.74, 6) is -2.00. The van der Waals surface area contributed by atoms with Crippen LogP contribution in [0.4, 0.5) is 10.1 Å². The molecule has 0 saturated heterocycles. The third-order valence-corrected chi connectivity index (χ3v) is 8.14. The summed E-state index contributed by atoms with van der Waals surface area (Å²) in [6.45, 7) is 0. The summed E-state index contributed by atoms with van der Waals surface area (Å²) >= 11 is 3.95. The van der Waals surface area contributed by atoms with Crippen LogP contribution < -0.4 is 25.8 Å². The van der Waals surface area contributed by atoms with Gasteiger partial charge in [-0.25, -0.2) is 4.39 Å². The SMILES string of the molecule is N#CC1=C(N)n2c(s/c(=C\c3cccs3)c2=O)=C(C(=O)Nc2ccccc2F)C1c1cccs1. The molecule has 0 saturated carbocycles. The summed E-state index contributed by atoms with van der Waals surface area (Å²) in [6.07, 6.45) is 1.73. The quantitative estimate of drug-likeness (QED) is 0.444. The summed E-state index contributed by atoms with van der Waals surface area (Å²) in [6, 6.07) is 15.3. The maximum atomic E-state index is 14.3. The first-order valence-electron chi connectivity index (χ1n) is 10.00. The van der Waals surface area contributed by atoms with Crippen molar-refractivity contribution >= 4 is 63.1 Å². The molecule has 1 atom stereocenters. The molecule has 0 spiro atoms. The Morgan fingerprint density at radius 3 is 2.59 bits per heavy atom. The molecule has 0 fully saturated rings. The van der Waals surface area contributed by atoms with Crippen molar-refractivity contribution in [2.24, 2.45) is 5.73 Å². The van der Waals surface area contributed by atoms with E-state index in [-0.39, 0.29) is 22.7 Å². The van der Waals surface area contributed by atoms with E-state index in [4.69, 9.17) is 5.73 Å². The van der Waals surface area contributed by atoms with Gasteiger partial charge in [-0.3, -0.25) is 14.2 Å². The average molecular weight is 507 g/mol. The highest BCUT2D eigenvalue weighted by Crippen LogP contribution is 2.38. The van der Waals surface area contributed by atoms with E-state index in [2.05, 4.69) is 11.4 Å². The number of carbonyl (C=O) groups is 1. The number of anilines is 1. The second-order valence-electron chi connectivity index (χ2n) is 7.28. The van der Waals surface area contributed by atoms with Crippen molar-refractivity contribution in [3.63, 3.8) is 0 Å². The van der Waals surface area contributed by atoms with Crippen LogP contribution >= 0.6 is 34.0 Å². The third kappa shape index (κ3) is 3.70. The zero-order valence-corrected chi connectivity index (χ0v) is 19.8. The molecule has 168 valence electrons. The number of nitrogens with one attached hydrogen (secondary N) is 1. The number of nitrogens with zero attached hydrogens (tertiary/aromatic N) is 2. The highest BCUT2D eigenvalue weighted by atomic mass is 32.1. The zero-order chi connectivity index (χ0) is 23.8. The molecule has 34 heavy (non-hydrogen) atoms. The first kappa shape index (κ1) is 22.0. The Kier molecular flexibility index (Phi) is 5.75. The number of hydrogen-bond acceptors (Lipinski definition) is 7. The van der Waals surface area contributed by atoms with Crippen LogP contribution in [0, 0.1) is 17.1 Å². The molecule has 4 aromatic rings. The molecule has 0 aliphatic carbocycles. The monoisotopic (exact) mass is 506 g/mol. The van der Waals surface area contributed by atoms with Crippen LogP contribution in [-0.4, -0.2) is 10.5 Å². The van der Waals surface area contributed by atoms with E-state index >= 15 is 0 Å². The predicted molar refractivity (Wildman–Crippen MR) is 134 cm³/mol. The molecule has 0 radical (unpaired) electrons. The lowest BCUT2D eigenvalue weighted by Crippen LogP contribution is -2.40. The number of carbonyl (C=O) groups excluding carboxylic acids is 1. The van der Waals surface area contributed by atoms with Crippen LogP contribution in [0.1, 0.15) is 15.7 Å². The van der Waals surface area contributed by atoms with Gasteiger partial charge in [0.25, 0.3) is 11.5 Å². The normalized spacial score (nSPS) is 15.8. The van der Waals surface area contributed by atoms with Gasteiger partial charge in [0.15, 0.2) is 0 Å². The Hall–Kier alpha value is -3.78. The summed E-state index contributed by atoms with van der Waals surface area (Å²) in [5.41, 5.74) is 6.19. The Bertz CT molecular complexity index is 1660. The lowest BCUT2D eigenvalue weighted by molar-refractivity contribution is -0.111. The summed E-state index contributed by atoms with van der Waals surface area (Å²) in [7, 11) is 0. The number of thiophene rings is 2. The van der Waals surface area contributed by atoms with Crippen LogP contribution in [0.5, 0.6) is 0 Å². The molecule has 5 rings (SSSR count). The van der Waals surface area contributed by atoms with E-state index in [0.717, 1.165) is 16.2 Å². The fourth-order valence-corrected chi connectivity index (χ4v) is 6.50. The minimum Gasteiger partial charge on any atom is -0.384 e. The maximum absolute atomic E-state index is 14.3. The fourth-order valence-electron chi connectivity index (χ4n) is 3.76. The predicted octanol–water partition coefficient (Wildman–Crippen LogP) is 3.24. The van der Waals surface area contributed by atoms with Crippen molar-refractivity contribution in [1.29, 1.82) is 5.26 Å². The van der Waals surface area contributed by atoms with Gasteiger partial charge in [0.2, 0.25) is 0 Å². The van der Waals surface area contributed by atoms with Crippen molar-refractivity contribution in [2.75, 3.05) is 5.32 Å². The number of fused-ring (bicyclic) bond motifs is 1. The smallest absolute Gasteiger partial charge is 0.274 e. The molecule has 1 unspecified atom stereocenters. The van der Waals surface area contributed by atoms with E-state index in [1.54, 1.807) is 18.2 Å². The molecule has 6 nitrogen and oxygen atoms in total. The minimum absolute atomic E-state index is 0.00165. The maximum Gasteiger partial charge on any atom is 0.274 e. The molecular formula is C24H15FN4O2S3. The highest BCUT2D eigenvalue weighted by molar-refractivity contribution is 7.11. The zero-order valence-electron chi connectivity index (χ0n) is 17.3. The van der Waals surface area contributed by atoms with E-state index in [9.17, 15) is 19.2 Å². The van der Waals surface area contributed by atoms with Crippen LogP contribution in [-0.2, 0) is 4.79 Å². The van der Waals surface area contributed by atoms with Gasteiger partial charge in [0, 0.05) is 9.75 Å². The van der Waals surface area contributed by atoms with Crippen molar-refractivity contribution < 1.29 is 9.18 Å². The number of benzene rings is 1. The Morgan fingerprint density at radius 2 is 1.91 bits per heavy atom. The summed E-state index contributed by atoms with van der Waals surface area (Å²) in [4.78, 5) is 28.5. The van der Waals surface area contributed by atoms with Gasteiger partial charge in [-0.1, -0.05) is 24.3 Å².